The number of carbonyl (C=O) groups excluding carboxylic acids is 1. The van der Waals surface area contributed by atoms with Gasteiger partial charge in [0.1, 0.15) is 5.75 Å². The minimum Gasteiger partial charge on any atom is -0.435 e. The van der Waals surface area contributed by atoms with Gasteiger partial charge in [0.2, 0.25) is 5.91 Å². The second kappa shape index (κ2) is 7.29. The van der Waals surface area contributed by atoms with Crippen LogP contribution in [0.1, 0.15) is 11.1 Å². The molecular formula is C16H12F5NO2. The summed E-state index contributed by atoms with van der Waals surface area (Å²) in [5, 5.41) is 2.14. The minimum atomic E-state index is -4.62. The molecule has 0 aliphatic rings. The molecule has 1 N–H and O–H groups in total. The summed E-state index contributed by atoms with van der Waals surface area (Å²) in [6, 6.07) is 10.1. The summed E-state index contributed by atoms with van der Waals surface area (Å²) in [4.78, 5) is 12.0. The third-order valence-electron chi connectivity index (χ3n) is 3.05. The van der Waals surface area contributed by atoms with E-state index < -0.39 is 36.4 Å². The van der Waals surface area contributed by atoms with Crippen LogP contribution in [-0.4, -0.2) is 12.5 Å². The average molecular weight is 345 g/mol. The van der Waals surface area contributed by atoms with Crippen molar-refractivity contribution in [1.82, 2.24) is 0 Å². The molecule has 2 aromatic rings. The standard InChI is InChI=1S/C16H12F5NO2/c17-15(18)24-13-8-4-1-5-10(13)9-14(23)22-12-7-3-2-6-11(12)16(19,20)21/h1-8,15H,9H2,(H,22,23). The van der Waals surface area contributed by atoms with Crippen LogP contribution in [0.15, 0.2) is 48.5 Å². The van der Waals surface area contributed by atoms with Gasteiger partial charge in [0.05, 0.1) is 17.7 Å². The van der Waals surface area contributed by atoms with Crippen LogP contribution in [0.25, 0.3) is 0 Å². The first-order valence-electron chi connectivity index (χ1n) is 6.76. The number of amides is 1. The second-order valence-electron chi connectivity index (χ2n) is 4.75. The number of alkyl halides is 5. The van der Waals surface area contributed by atoms with Gasteiger partial charge in [-0.05, 0) is 18.2 Å². The van der Waals surface area contributed by atoms with Crippen LogP contribution in [-0.2, 0) is 17.4 Å². The van der Waals surface area contributed by atoms with Crippen LogP contribution >= 0.6 is 0 Å². The molecule has 0 aliphatic carbocycles. The highest BCUT2D eigenvalue weighted by Crippen LogP contribution is 2.34. The summed E-state index contributed by atoms with van der Waals surface area (Å²) in [7, 11) is 0. The molecule has 24 heavy (non-hydrogen) atoms. The van der Waals surface area contributed by atoms with E-state index in [1.54, 1.807) is 0 Å². The van der Waals surface area contributed by atoms with Gasteiger partial charge in [0.15, 0.2) is 0 Å². The van der Waals surface area contributed by atoms with Gasteiger partial charge in [-0.2, -0.15) is 22.0 Å². The molecule has 0 saturated heterocycles. The van der Waals surface area contributed by atoms with Crippen LogP contribution in [0.4, 0.5) is 27.6 Å². The smallest absolute Gasteiger partial charge is 0.418 e. The topological polar surface area (TPSA) is 38.3 Å². The SMILES string of the molecule is O=C(Cc1ccccc1OC(F)F)Nc1ccccc1C(F)(F)F. The van der Waals surface area contributed by atoms with Crippen molar-refractivity contribution in [3.8, 4) is 5.75 Å². The Morgan fingerprint density at radius 2 is 1.67 bits per heavy atom. The van der Waals surface area contributed by atoms with E-state index in [4.69, 9.17) is 0 Å². The largest absolute Gasteiger partial charge is 0.435 e. The zero-order valence-electron chi connectivity index (χ0n) is 12.1. The van der Waals surface area contributed by atoms with Crippen LogP contribution in [0, 0.1) is 0 Å². The molecular weight excluding hydrogens is 333 g/mol. The lowest BCUT2D eigenvalue weighted by Gasteiger charge is -2.14. The van der Waals surface area contributed by atoms with Crippen molar-refractivity contribution in [2.24, 2.45) is 0 Å². The Morgan fingerprint density at radius 1 is 1.04 bits per heavy atom. The summed E-state index contributed by atoms with van der Waals surface area (Å²) >= 11 is 0. The van der Waals surface area contributed by atoms with E-state index >= 15 is 0 Å². The molecule has 0 heterocycles. The third-order valence-corrected chi connectivity index (χ3v) is 3.05. The van der Waals surface area contributed by atoms with E-state index in [0.717, 1.165) is 12.1 Å². The maximum absolute atomic E-state index is 12.9. The lowest BCUT2D eigenvalue weighted by molar-refractivity contribution is -0.137. The Hall–Kier alpha value is -2.64. The van der Waals surface area contributed by atoms with Crippen molar-refractivity contribution >= 4 is 11.6 Å². The Balaban J connectivity index is 2.16. The van der Waals surface area contributed by atoms with Gasteiger partial charge >= 0.3 is 12.8 Å². The number of ether oxygens (including phenoxy) is 1. The molecule has 0 fully saturated rings. The molecule has 8 heteroatoms. The van der Waals surface area contributed by atoms with Crippen molar-refractivity contribution in [2.45, 2.75) is 19.2 Å². The minimum absolute atomic E-state index is 0.139. The van der Waals surface area contributed by atoms with Crippen molar-refractivity contribution in [3.05, 3.63) is 59.7 Å². The molecule has 0 spiro atoms. The molecule has 0 unspecified atom stereocenters. The van der Waals surface area contributed by atoms with E-state index in [-0.39, 0.29) is 11.3 Å². The van der Waals surface area contributed by atoms with Gasteiger partial charge in [0.25, 0.3) is 0 Å². The predicted molar refractivity (Wildman–Crippen MR) is 76.9 cm³/mol. The summed E-state index contributed by atoms with van der Waals surface area (Å²) < 4.78 is 67.6. The first-order chi connectivity index (χ1) is 11.3. The van der Waals surface area contributed by atoms with Crippen LogP contribution in [0.3, 0.4) is 0 Å². The first-order valence-corrected chi connectivity index (χ1v) is 6.76. The number of rotatable bonds is 5. The molecule has 0 aromatic heterocycles. The predicted octanol–water partition coefficient (Wildman–Crippen LogP) is 4.49. The van der Waals surface area contributed by atoms with Crippen molar-refractivity contribution < 1.29 is 31.5 Å². The molecule has 0 radical (unpaired) electrons. The van der Waals surface area contributed by atoms with Crippen LogP contribution in [0.5, 0.6) is 5.75 Å². The lowest BCUT2D eigenvalue weighted by atomic mass is 10.1. The Bertz CT molecular complexity index is 716. The lowest BCUT2D eigenvalue weighted by Crippen LogP contribution is -2.18. The van der Waals surface area contributed by atoms with E-state index in [9.17, 15) is 26.7 Å². The summed E-state index contributed by atoms with van der Waals surface area (Å²) in [5.74, 6) is -0.983. The fraction of sp³-hybridized carbons (Fsp3) is 0.188. The normalized spacial score (nSPS) is 11.4. The maximum Gasteiger partial charge on any atom is 0.418 e. The Kier molecular flexibility index (Phi) is 5.38. The zero-order valence-corrected chi connectivity index (χ0v) is 12.1. The summed E-state index contributed by atoms with van der Waals surface area (Å²) in [5.41, 5.74) is -1.25. The summed E-state index contributed by atoms with van der Waals surface area (Å²) in [6.45, 7) is -3.07. The van der Waals surface area contributed by atoms with Crippen molar-refractivity contribution in [1.29, 1.82) is 0 Å². The van der Waals surface area contributed by atoms with E-state index in [2.05, 4.69) is 10.1 Å². The number of halogens is 5. The van der Waals surface area contributed by atoms with E-state index in [1.807, 2.05) is 0 Å². The van der Waals surface area contributed by atoms with Gasteiger partial charge in [-0.3, -0.25) is 4.79 Å². The highest BCUT2D eigenvalue weighted by atomic mass is 19.4. The Morgan fingerprint density at radius 3 is 2.33 bits per heavy atom. The highest BCUT2D eigenvalue weighted by Gasteiger charge is 2.33. The van der Waals surface area contributed by atoms with E-state index in [0.29, 0.717) is 0 Å². The molecule has 128 valence electrons. The average Bonchev–Trinajstić information content (AvgIpc) is 2.48. The fourth-order valence-electron chi connectivity index (χ4n) is 2.07. The van der Waals surface area contributed by atoms with Gasteiger partial charge in [-0.25, -0.2) is 0 Å². The highest BCUT2D eigenvalue weighted by molar-refractivity contribution is 5.93. The molecule has 2 aromatic carbocycles. The number of benzene rings is 2. The number of hydrogen-bond donors (Lipinski definition) is 1. The van der Waals surface area contributed by atoms with Gasteiger partial charge in [-0.1, -0.05) is 30.3 Å². The van der Waals surface area contributed by atoms with Crippen molar-refractivity contribution in [3.63, 3.8) is 0 Å². The number of hydrogen-bond acceptors (Lipinski definition) is 2. The quantitative estimate of drug-likeness (QED) is 0.811. The molecule has 0 aliphatic heterocycles. The van der Waals surface area contributed by atoms with Gasteiger partial charge in [-0.15, -0.1) is 0 Å². The molecule has 1 amide bonds. The fourth-order valence-corrected chi connectivity index (χ4v) is 2.07. The maximum atomic E-state index is 12.9. The number of para-hydroxylation sites is 2. The van der Waals surface area contributed by atoms with Gasteiger partial charge in [0, 0.05) is 5.56 Å². The monoisotopic (exact) mass is 345 g/mol. The second-order valence-corrected chi connectivity index (χ2v) is 4.75. The number of anilines is 1. The molecule has 0 atom stereocenters. The number of nitrogens with one attached hydrogen (secondary N) is 1. The number of carbonyl (C=O) groups is 1. The first kappa shape index (κ1) is 17.7. The van der Waals surface area contributed by atoms with Gasteiger partial charge < -0.3 is 10.1 Å². The molecule has 2 rings (SSSR count). The van der Waals surface area contributed by atoms with Crippen molar-refractivity contribution in [2.75, 3.05) is 5.32 Å². The van der Waals surface area contributed by atoms with E-state index in [1.165, 1.54) is 36.4 Å². The van der Waals surface area contributed by atoms with Crippen LogP contribution in [0.2, 0.25) is 0 Å². The Labute approximate surface area is 134 Å². The molecule has 0 bridgehead atoms. The summed E-state index contributed by atoms with van der Waals surface area (Å²) in [6.07, 6.45) is -5.03. The molecule has 3 nitrogen and oxygen atoms in total. The molecule has 0 saturated carbocycles. The third kappa shape index (κ3) is 4.68. The zero-order chi connectivity index (χ0) is 17.7. The van der Waals surface area contributed by atoms with Crippen LogP contribution < -0.4 is 10.1 Å².